The van der Waals surface area contributed by atoms with Crippen LogP contribution in [0.2, 0.25) is 0 Å². The largest absolute Gasteiger partial charge is 0.466 e. The summed E-state index contributed by atoms with van der Waals surface area (Å²) in [4.78, 5) is 2.53. The molecule has 0 saturated carbocycles. The predicted octanol–water partition coefficient (Wildman–Crippen LogP) is 4.92. The lowest BCUT2D eigenvalue weighted by molar-refractivity contribution is -0.152. The number of hydrazone groups is 1. The van der Waals surface area contributed by atoms with Gasteiger partial charge in [-0.2, -0.15) is 5.10 Å². The number of piperidine rings is 1. The molecule has 31 heavy (non-hydrogen) atoms. The van der Waals surface area contributed by atoms with E-state index in [-0.39, 0.29) is 12.8 Å². The minimum absolute atomic E-state index is 0.173. The van der Waals surface area contributed by atoms with Crippen LogP contribution in [0.25, 0.3) is 0 Å². The number of halogens is 1. The van der Waals surface area contributed by atoms with Gasteiger partial charge < -0.3 is 19.1 Å². The van der Waals surface area contributed by atoms with Crippen LogP contribution in [0, 0.1) is 0 Å². The minimum Gasteiger partial charge on any atom is -0.466 e. The summed E-state index contributed by atoms with van der Waals surface area (Å²) >= 11 is 3.64. The third-order valence-electron chi connectivity index (χ3n) is 6.97. The van der Waals surface area contributed by atoms with Crippen LogP contribution >= 0.6 is 15.9 Å². The molecule has 1 fully saturated rings. The van der Waals surface area contributed by atoms with Crippen molar-refractivity contribution in [2.75, 3.05) is 19.9 Å². The Balaban J connectivity index is 1.39. The van der Waals surface area contributed by atoms with E-state index in [1.54, 1.807) is 0 Å². The first-order valence-corrected chi connectivity index (χ1v) is 11.8. The fraction of sp³-hybridized carbons (Fsp3) is 0.458. The van der Waals surface area contributed by atoms with Gasteiger partial charge in [0.2, 0.25) is 12.5 Å². The average Bonchev–Trinajstić information content (AvgIpc) is 3.42. The number of hydrogen-bond donors (Lipinski definition) is 0. The molecule has 4 aliphatic rings. The molecule has 0 radical (unpaired) electrons. The summed E-state index contributed by atoms with van der Waals surface area (Å²) in [6, 6.07) is 13.2. The first kappa shape index (κ1) is 19.4. The highest BCUT2D eigenvalue weighted by atomic mass is 79.9. The van der Waals surface area contributed by atoms with Gasteiger partial charge in [0, 0.05) is 54.0 Å². The Morgan fingerprint density at radius 1 is 1.03 bits per heavy atom. The van der Waals surface area contributed by atoms with E-state index >= 15 is 0 Å². The summed E-state index contributed by atoms with van der Waals surface area (Å²) < 4.78 is 18.9. The van der Waals surface area contributed by atoms with E-state index in [1.165, 1.54) is 5.56 Å². The van der Waals surface area contributed by atoms with Gasteiger partial charge in [-0.05, 0) is 50.2 Å². The van der Waals surface area contributed by atoms with Crippen LogP contribution in [0.15, 0.2) is 46.0 Å². The fourth-order valence-corrected chi connectivity index (χ4v) is 5.60. The second kappa shape index (κ2) is 7.14. The molecule has 7 heteroatoms. The lowest BCUT2D eigenvalue weighted by atomic mass is 9.90. The van der Waals surface area contributed by atoms with Crippen LogP contribution in [-0.4, -0.2) is 47.3 Å². The zero-order valence-electron chi connectivity index (χ0n) is 17.8. The molecule has 6 rings (SSSR count). The molecule has 0 aliphatic carbocycles. The molecular weight excluding hydrogens is 458 g/mol. The van der Waals surface area contributed by atoms with Crippen molar-refractivity contribution >= 4 is 21.6 Å². The summed E-state index contributed by atoms with van der Waals surface area (Å²) in [5.74, 6) is 2.59. The van der Waals surface area contributed by atoms with Crippen LogP contribution in [0.5, 0.6) is 17.2 Å². The van der Waals surface area contributed by atoms with Crippen LogP contribution in [0.1, 0.15) is 50.3 Å². The predicted molar refractivity (Wildman–Crippen MR) is 122 cm³/mol. The molecule has 4 heterocycles. The highest BCUT2D eigenvalue weighted by Crippen LogP contribution is 2.51. The van der Waals surface area contributed by atoms with Crippen molar-refractivity contribution in [1.82, 2.24) is 9.91 Å². The van der Waals surface area contributed by atoms with Gasteiger partial charge in [-0.15, -0.1) is 0 Å². The van der Waals surface area contributed by atoms with Gasteiger partial charge in [0.25, 0.3) is 0 Å². The summed E-state index contributed by atoms with van der Waals surface area (Å²) in [5, 5.41) is 7.44. The summed E-state index contributed by atoms with van der Waals surface area (Å²) in [5.41, 5.74) is 2.97. The maximum absolute atomic E-state index is 6.74. The zero-order valence-corrected chi connectivity index (χ0v) is 19.4. The number of rotatable bonds is 2. The Hall–Kier alpha value is -2.25. The van der Waals surface area contributed by atoms with Gasteiger partial charge in [0.1, 0.15) is 5.75 Å². The molecule has 0 unspecified atom stereocenters. The molecule has 2 aromatic rings. The van der Waals surface area contributed by atoms with Crippen LogP contribution in [0.4, 0.5) is 0 Å². The van der Waals surface area contributed by atoms with Crippen molar-refractivity contribution in [2.24, 2.45) is 5.10 Å². The highest BCUT2D eigenvalue weighted by molar-refractivity contribution is 9.10. The quantitative estimate of drug-likeness (QED) is 0.606. The maximum atomic E-state index is 6.74. The number of hydrogen-bond acceptors (Lipinski definition) is 6. The van der Waals surface area contributed by atoms with E-state index < -0.39 is 5.72 Å². The molecule has 0 bridgehead atoms. The van der Waals surface area contributed by atoms with Crippen molar-refractivity contribution in [3.05, 3.63) is 52.0 Å². The second-order valence-electron chi connectivity index (χ2n) is 9.04. The molecule has 1 spiro atoms. The van der Waals surface area contributed by atoms with Crippen LogP contribution in [0.3, 0.4) is 0 Å². The van der Waals surface area contributed by atoms with Gasteiger partial charge in [-0.3, -0.25) is 0 Å². The van der Waals surface area contributed by atoms with Gasteiger partial charge in [0.15, 0.2) is 11.5 Å². The highest BCUT2D eigenvalue weighted by Gasteiger charge is 2.52. The normalized spacial score (nSPS) is 23.5. The van der Waals surface area contributed by atoms with Crippen molar-refractivity contribution < 1.29 is 14.2 Å². The molecule has 0 amide bonds. The summed E-state index contributed by atoms with van der Waals surface area (Å²) in [6.07, 6.45) is 2.73. The molecule has 0 aromatic heterocycles. The Kier molecular flexibility index (Phi) is 4.47. The fourth-order valence-electron chi connectivity index (χ4n) is 5.22. The van der Waals surface area contributed by atoms with Crippen molar-refractivity contribution in [1.29, 1.82) is 0 Å². The third-order valence-corrected chi connectivity index (χ3v) is 7.47. The molecule has 1 saturated heterocycles. The molecular formula is C24H26BrN3O3. The van der Waals surface area contributed by atoms with Gasteiger partial charge in [-0.25, -0.2) is 5.01 Å². The monoisotopic (exact) mass is 483 g/mol. The maximum Gasteiger partial charge on any atom is 0.231 e. The van der Waals surface area contributed by atoms with Gasteiger partial charge in [0.05, 0.1) is 11.8 Å². The Bertz CT molecular complexity index is 1060. The standard InChI is InChI=1S/C24H26BrN3O3/c1-15(2)27-9-7-24(8-10-27)28-20(18-12-17(25)4-6-21(18)31-24)13-19(26-28)16-3-5-22-23(11-16)30-14-29-22/h3-6,11-12,15,20H,7-10,13-14H2,1-2H3/t20-/m0/s1. The summed E-state index contributed by atoms with van der Waals surface area (Å²) in [6.45, 7) is 6.84. The van der Waals surface area contributed by atoms with Gasteiger partial charge >= 0.3 is 0 Å². The number of nitrogens with zero attached hydrogens (tertiary/aromatic N) is 3. The zero-order chi connectivity index (χ0) is 21.2. The number of benzene rings is 2. The van der Waals surface area contributed by atoms with Crippen molar-refractivity contribution in [2.45, 2.75) is 50.9 Å². The molecule has 0 N–H and O–H groups in total. The smallest absolute Gasteiger partial charge is 0.231 e. The molecule has 162 valence electrons. The molecule has 4 aliphatic heterocycles. The Labute approximate surface area is 190 Å². The Morgan fingerprint density at radius 3 is 2.61 bits per heavy atom. The summed E-state index contributed by atoms with van der Waals surface area (Å²) in [7, 11) is 0. The second-order valence-corrected chi connectivity index (χ2v) is 9.96. The first-order valence-electron chi connectivity index (χ1n) is 11.0. The van der Waals surface area contributed by atoms with E-state index in [2.05, 4.69) is 70.0 Å². The Morgan fingerprint density at radius 2 is 1.81 bits per heavy atom. The van der Waals surface area contributed by atoms with E-state index in [4.69, 9.17) is 19.3 Å². The number of fused-ring (bicyclic) bond motifs is 5. The lowest BCUT2D eigenvalue weighted by Gasteiger charge is -2.51. The number of likely N-dealkylation sites (tertiary alicyclic amines) is 1. The lowest BCUT2D eigenvalue weighted by Crippen LogP contribution is -2.59. The average molecular weight is 484 g/mol. The first-order chi connectivity index (χ1) is 15.0. The van der Waals surface area contributed by atoms with E-state index in [0.717, 1.165) is 65.3 Å². The molecule has 2 aromatic carbocycles. The van der Waals surface area contributed by atoms with Crippen LogP contribution in [-0.2, 0) is 0 Å². The SMILES string of the molecule is CC(C)N1CCC2(CC1)Oc1ccc(Br)cc1[C@@H]1CC(c3ccc4c(c3)OCO4)=NN12. The third kappa shape index (κ3) is 3.12. The molecule has 6 nitrogen and oxygen atoms in total. The topological polar surface area (TPSA) is 46.5 Å². The molecule has 1 atom stereocenters. The van der Waals surface area contributed by atoms with Crippen molar-refractivity contribution in [3.8, 4) is 17.2 Å². The van der Waals surface area contributed by atoms with Gasteiger partial charge in [-0.1, -0.05) is 15.9 Å². The van der Waals surface area contributed by atoms with Crippen LogP contribution < -0.4 is 14.2 Å². The van der Waals surface area contributed by atoms with E-state index in [9.17, 15) is 0 Å². The number of ether oxygens (including phenoxy) is 3. The van der Waals surface area contributed by atoms with E-state index in [0.29, 0.717) is 6.04 Å². The van der Waals surface area contributed by atoms with Crippen molar-refractivity contribution in [3.63, 3.8) is 0 Å². The minimum atomic E-state index is -0.394. The van der Waals surface area contributed by atoms with E-state index in [1.807, 2.05) is 6.07 Å².